The Morgan fingerprint density at radius 1 is 1.83 bits per heavy atom. The molecule has 0 saturated heterocycles. The predicted octanol–water partition coefficient (Wildman–Crippen LogP) is 2.19. The summed E-state index contributed by atoms with van der Waals surface area (Å²) in [6.45, 7) is 3.66. The smallest absolute Gasteiger partial charge is 0.0947 e. The molecule has 36 valence electrons. The molecular formula is C3H9BIP. The van der Waals surface area contributed by atoms with E-state index in [9.17, 15) is 0 Å². The molecule has 3 heteroatoms. The van der Waals surface area contributed by atoms with Crippen molar-refractivity contribution < 1.29 is 0 Å². The fraction of sp³-hybridized carbons (Fsp3) is 1.00. The molecule has 1 atom stereocenters. The van der Waals surface area contributed by atoms with Crippen molar-refractivity contribution in [3.63, 3.8) is 0 Å². The molecule has 0 fully saturated rings. The summed E-state index contributed by atoms with van der Waals surface area (Å²) >= 11 is 2.44. The summed E-state index contributed by atoms with van der Waals surface area (Å²) in [6, 6.07) is 0. The van der Waals surface area contributed by atoms with Crippen LogP contribution >= 0.6 is 28.1 Å². The number of hydrogen-bond donors (Lipinski definition) is 0. The molecule has 0 aliphatic carbocycles. The first-order chi connectivity index (χ1) is 2.91. The maximum atomic E-state index is 2.44. The molecule has 0 N–H and O–H groups in total. The van der Waals surface area contributed by atoms with Gasteiger partial charge in [0.2, 0.25) is 0 Å². The third-order valence-corrected chi connectivity index (χ3v) is 2.79. The van der Waals surface area contributed by atoms with Crippen molar-refractivity contribution in [2.45, 2.75) is 19.7 Å². The molecule has 0 aromatic rings. The van der Waals surface area contributed by atoms with E-state index in [0.717, 1.165) is 6.10 Å². The van der Waals surface area contributed by atoms with Gasteiger partial charge in [-0.2, -0.15) is 0 Å². The lowest BCUT2D eigenvalue weighted by molar-refractivity contribution is 1.08. The summed E-state index contributed by atoms with van der Waals surface area (Å²) in [5.74, 6) is 0. The van der Waals surface area contributed by atoms with Crippen molar-refractivity contribution in [2.75, 3.05) is 0 Å². The summed E-state index contributed by atoms with van der Waals surface area (Å²) in [4.78, 5) is 0. The SMILES string of the molecule is CCCBPI. The first-order valence-corrected chi connectivity index (χ1v) is 6.57. The van der Waals surface area contributed by atoms with Crippen molar-refractivity contribution in [1.29, 1.82) is 0 Å². The van der Waals surface area contributed by atoms with Crippen LogP contribution in [0.2, 0.25) is 6.32 Å². The minimum atomic E-state index is 1.13. The molecule has 0 aromatic heterocycles. The van der Waals surface area contributed by atoms with E-state index in [4.69, 9.17) is 0 Å². The summed E-state index contributed by atoms with van der Waals surface area (Å²) in [6.07, 6.45) is 3.91. The van der Waals surface area contributed by atoms with Crippen LogP contribution in [0.3, 0.4) is 0 Å². The fourth-order valence-electron chi connectivity index (χ4n) is 0.244. The summed E-state index contributed by atoms with van der Waals surface area (Å²) in [5.41, 5.74) is 0. The lowest BCUT2D eigenvalue weighted by atomic mass is 10.0. The topological polar surface area (TPSA) is 0 Å². The Labute approximate surface area is 54.9 Å². The van der Waals surface area contributed by atoms with E-state index in [1.165, 1.54) is 19.7 Å². The minimum Gasteiger partial charge on any atom is -0.0947 e. The van der Waals surface area contributed by atoms with Crippen molar-refractivity contribution in [3.05, 3.63) is 0 Å². The quantitative estimate of drug-likeness (QED) is 0.292. The Hall–Kier alpha value is 1.22. The molecule has 0 bridgehead atoms. The van der Waals surface area contributed by atoms with Gasteiger partial charge in [-0.3, -0.25) is 0 Å². The summed E-state index contributed by atoms with van der Waals surface area (Å²) in [7, 11) is 0. The van der Waals surface area contributed by atoms with Crippen molar-refractivity contribution in [2.24, 2.45) is 0 Å². The van der Waals surface area contributed by atoms with Gasteiger partial charge < -0.3 is 0 Å². The molecule has 0 saturated carbocycles. The van der Waals surface area contributed by atoms with Crippen LogP contribution in [0.1, 0.15) is 13.3 Å². The van der Waals surface area contributed by atoms with Crippen LogP contribution in [0.5, 0.6) is 0 Å². The van der Waals surface area contributed by atoms with E-state index in [2.05, 4.69) is 29.0 Å². The van der Waals surface area contributed by atoms with Gasteiger partial charge in [-0.15, -0.1) is 0 Å². The molecule has 1 unspecified atom stereocenters. The second-order valence-corrected chi connectivity index (χ2v) is 4.29. The van der Waals surface area contributed by atoms with E-state index in [1.54, 1.807) is 0 Å². The van der Waals surface area contributed by atoms with Gasteiger partial charge in [0.25, 0.3) is 0 Å². The fourth-order valence-corrected chi connectivity index (χ4v) is 1.87. The second kappa shape index (κ2) is 6.22. The molecule has 0 heterocycles. The van der Waals surface area contributed by atoms with E-state index in [-0.39, 0.29) is 0 Å². The lowest BCUT2D eigenvalue weighted by Crippen LogP contribution is -1.70. The Morgan fingerprint density at radius 3 is 2.67 bits per heavy atom. The highest BCUT2D eigenvalue weighted by Gasteiger charge is 1.80. The van der Waals surface area contributed by atoms with Crippen LogP contribution in [0.4, 0.5) is 0 Å². The molecule has 0 radical (unpaired) electrons. The summed E-state index contributed by atoms with van der Waals surface area (Å²) < 4.78 is 0. The van der Waals surface area contributed by atoms with Gasteiger partial charge in [-0.25, -0.2) is 0 Å². The standard InChI is InChI=1S/C3H9BIP/c1-2-3-4-6-5/h4,6H,2-3H2,1H3. The first-order valence-electron chi connectivity index (χ1n) is 2.25. The van der Waals surface area contributed by atoms with Crippen molar-refractivity contribution in [1.82, 2.24) is 0 Å². The van der Waals surface area contributed by atoms with Gasteiger partial charge in [0.1, 0.15) is 0 Å². The van der Waals surface area contributed by atoms with Crippen molar-refractivity contribution >= 4 is 35.1 Å². The van der Waals surface area contributed by atoms with Crippen molar-refractivity contribution in [3.8, 4) is 0 Å². The van der Waals surface area contributed by atoms with E-state index in [1.807, 2.05) is 0 Å². The van der Waals surface area contributed by atoms with Gasteiger partial charge in [-0.1, -0.05) is 47.8 Å². The van der Waals surface area contributed by atoms with Crippen LogP contribution in [-0.2, 0) is 0 Å². The number of rotatable bonds is 3. The Morgan fingerprint density at radius 2 is 2.50 bits per heavy atom. The van der Waals surface area contributed by atoms with Crippen LogP contribution in [0, 0.1) is 0 Å². The van der Waals surface area contributed by atoms with E-state index < -0.39 is 0 Å². The molecule has 0 spiro atoms. The van der Waals surface area contributed by atoms with E-state index in [0.29, 0.717) is 0 Å². The molecule has 6 heavy (non-hydrogen) atoms. The number of halogens is 1. The molecule has 0 amide bonds. The monoisotopic (exact) mass is 214 g/mol. The van der Waals surface area contributed by atoms with Gasteiger partial charge in [-0.05, 0) is 0 Å². The Balaban J connectivity index is 2.34. The third-order valence-electron chi connectivity index (χ3n) is 0.625. The zero-order valence-corrected chi connectivity index (χ0v) is 7.16. The second-order valence-electron chi connectivity index (χ2n) is 1.24. The molecule has 0 rings (SSSR count). The molecule has 0 aromatic carbocycles. The lowest BCUT2D eigenvalue weighted by Gasteiger charge is -1.82. The molecule has 0 aliphatic heterocycles. The average Bonchev–Trinajstić information content (AvgIpc) is 1.61. The molecule has 0 aliphatic rings. The van der Waals surface area contributed by atoms with Gasteiger partial charge in [0, 0.05) is 0 Å². The van der Waals surface area contributed by atoms with Crippen LogP contribution in [0.25, 0.3) is 0 Å². The van der Waals surface area contributed by atoms with Crippen LogP contribution in [0.15, 0.2) is 0 Å². The highest BCUT2D eigenvalue weighted by atomic mass is 127. The third kappa shape index (κ3) is 5.22. The normalized spacial score (nSPS) is 10.3. The Bertz CT molecular complexity index is 22.8. The Kier molecular flexibility index (Phi) is 7.50. The zero-order chi connectivity index (χ0) is 4.83. The molecule has 0 nitrogen and oxygen atoms in total. The zero-order valence-electron chi connectivity index (χ0n) is 4.00. The minimum absolute atomic E-state index is 1.13. The van der Waals surface area contributed by atoms with Gasteiger partial charge >= 0.3 is 0 Å². The van der Waals surface area contributed by atoms with E-state index >= 15 is 0 Å². The average molecular weight is 214 g/mol. The maximum Gasteiger partial charge on any atom is 0.161 e. The summed E-state index contributed by atoms with van der Waals surface area (Å²) in [5, 5.41) is 0. The van der Waals surface area contributed by atoms with Gasteiger partial charge in [0.05, 0.1) is 0 Å². The largest absolute Gasteiger partial charge is 0.161 e. The van der Waals surface area contributed by atoms with Crippen LogP contribution in [-0.4, -0.2) is 7.00 Å². The predicted molar refractivity (Wildman–Crippen MR) is 44.6 cm³/mol. The van der Waals surface area contributed by atoms with Crippen LogP contribution < -0.4 is 0 Å². The maximum absolute atomic E-state index is 2.44. The highest BCUT2D eigenvalue weighted by molar-refractivity contribution is 14.2. The first kappa shape index (κ1) is 7.22. The van der Waals surface area contributed by atoms with Gasteiger partial charge in [0.15, 0.2) is 7.00 Å². The molecular weight excluding hydrogens is 205 g/mol. The number of hydrogen-bond acceptors (Lipinski definition) is 0. The highest BCUT2D eigenvalue weighted by Crippen LogP contribution is 2.19.